The Bertz CT molecular complexity index is 613. The number of aromatic nitrogens is 4. The molecule has 0 saturated carbocycles. The molecule has 0 aliphatic rings. The standard InChI is InChI=1S/C15H23N5O/c1-10(2)14-16-6-7-20(14)12(4)15(21)19(5)9-13-8-17-18-11(13)3/h6-8,10,12H,9H2,1-5H3,(H,17,18). The minimum Gasteiger partial charge on any atom is -0.340 e. The van der Waals surface area contributed by atoms with Crippen LogP contribution in [0.1, 0.15) is 49.8 Å². The monoisotopic (exact) mass is 289 g/mol. The lowest BCUT2D eigenvalue weighted by Crippen LogP contribution is -2.33. The Labute approximate surface area is 125 Å². The number of amides is 1. The molecule has 21 heavy (non-hydrogen) atoms. The molecule has 1 unspecified atom stereocenters. The van der Waals surface area contributed by atoms with Crippen molar-refractivity contribution in [2.45, 2.75) is 46.2 Å². The summed E-state index contributed by atoms with van der Waals surface area (Å²) in [4.78, 5) is 18.7. The van der Waals surface area contributed by atoms with Gasteiger partial charge in [-0.05, 0) is 13.8 Å². The lowest BCUT2D eigenvalue weighted by atomic mass is 10.2. The average molecular weight is 289 g/mol. The van der Waals surface area contributed by atoms with Gasteiger partial charge in [0.2, 0.25) is 5.91 Å². The first-order valence-electron chi connectivity index (χ1n) is 7.18. The van der Waals surface area contributed by atoms with Gasteiger partial charge in [0.1, 0.15) is 11.9 Å². The van der Waals surface area contributed by atoms with E-state index in [-0.39, 0.29) is 17.9 Å². The van der Waals surface area contributed by atoms with Gasteiger partial charge in [0.15, 0.2) is 0 Å². The molecule has 0 saturated heterocycles. The maximum Gasteiger partial charge on any atom is 0.245 e. The number of likely N-dealkylation sites (N-methyl/N-ethyl adjacent to an activating group) is 1. The van der Waals surface area contributed by atoms with Crippen LogP contribution in [0.25, 0.3) is 0 Å². The van der Waals surface area contributed by atoms with E-state index in [1.807, 2.05) is 31.7 Å². The zero-order valence-corrected chi connectivity index (χ0v) is 13.3. The topological polar surface area (TPSA) is 66.8 Å². The number of carbonyl (C=O) groups is 1. The number of nitrogens with zero attached hydrogens (tertiary/aromatic N) is 4. The Balaban J connectivity index is 2.11. The molecule has 6 heteroatoms. The van der Waals surface area contributed by atoms with E-state index in [1.165, 1.54) is 0 Å². The summed E-state index contributed by atoms with van der Waals surface area (Å²) in [6, 6.07) is -0.262. The van der Waals surface area contributed by atoms with Gasteiger partial charge in [-0.2, -0.15) is 5.10 Å². The van der Waals surface area contributed by atoms with Crippen LogP contribution < -0.4 is 0 Å². The molecule has 2 heterocycles. The second kappa shape index (κ2) is 6.11. The van der Waals surface area contributed by atoms with E-state index in [4.69, 9.17) is 0 Å². The maximum absolute atomic E-state index is 12.6. The van der Waals surface area contributed by atoms with E-state index >= 15 is 0 Å². The summed E-state index contributed by atoms with van der Waals surface area (Å²) >= 11 is 0. The van der Waals surface area contributed by atoms with Crippen LogP contribution in [0.4, 0.5) is 0 Å². The van der Waals surface area contributed by atoms with Crippen LogP contribution >= 0.6 is 0 Å². The molecule has 0 radical (unpaired) electrons. The first-order valence-corrected chi connectivity index (χ1v) is 7.18. The molecule has 1 N–H and O–H groups in total. The predicted molar refractivity (Wildman–Crippen MR) is 80.8 cm³/mol. The number of hydrogen-bond donors (Lipinski definition) is 1. The average Bonchev–Trinajstić information content (AvgIpc) is 3.06. The Morgan fingerprint density at radius 1 is 1.43 bits per heavy atom. The Kier molecular flexibility index (Phi) is 4.45. The molecule has 1 amide bonds. The molecule has 0 aliphatic carbocycles. The van der Waals surface area contributed by atoms with Gasteiger partial charge in [0.25, 0.3) is 0 Å². The smallest absolute Gasteiger partial charge is 0.245 e. The molecule has 1 atom stereocenters. The fourth-order valence-corrected chi connectivity index (χ4v) is 2.41. The Morgan fingerprint density at radius 3 is 2.71 bits per heavy atom. The molecule has 0 aliphatic heterocycles. The number of imidazole rings is 1. The number of aromatic amines is 1. The van der Waals surface area contributed by atoms with E-state index < -0.39 is 0 Å². The predicted octanol–water partition coefficient (Wildman–Crippen LogP) is 2.26. The van der Waals surface area contributed by atoms with Gasteiger partial charge in [0, 0.05) is 43.2 Å². The molecule has 0 fully saturated rings. The van der Waals surface area contributed by atoms with Crippen molar-refractivity contribution < 1.29 is 4.79 Å². The summed E-state index contributed by atoms with van der Waals surface area (Å²) in [6.07, 6.45) is 5.38. The third-order valence-electron chi connectivity index (χ3n) is 3.71. The largest absolute Gasteiger partial charge is 0.340 e. The van der Waals surface area contributed by atoms with Crippen molar-refractivity contribution in [2.24, 2.45) is 0 Å². The lowest BCUT2D eigenvalue weighted by molar-refractivity contribution is -0.133. The highest BCUT2D eigenvalue weighted by molar-refractivity contribution is 5.79. The van der Waals surface area contributed by atoms with Crippen molar-refractivity contribution in [1.29, 1.82) is 0 Å². The van der Waals surface area contributed by atoms with E-state index in [2.05, 4.69) is 29.0 Å². The highest BCUT2D eigenvalue weighted by Gasteiger charge is 2.22. The van der Waals surface area contributed by atoms with Crippen molar-refractivity contribution in [3.63, 3.8) is 0 Å². The third kappa shape index (κ3) is 3.15. The van der Waals surface area contributed by atoms with Crippen molar-refractivity contribution in [1.82, 2.24) is 24.6 Å². The van der Waals surface area contributed by atoms with Crippen molar-refractivity contribution >= 4 is 5.91 Å². The van der Waals surface area contributed by atoms with Gasteiger partial charge >= 0.3 is 0 Å². The summed E-state index contributed by atoms with van der Waals surface area (Å²) in [5.74, 6) is 1.29. The molecule has 114 valence electrons. The molecule has 0 spiro atoms. The normalized spacial score (nSPS) is 12.7. The van der Waals surface area contributed by atoms with E-state index in [0.717, 1.165) is 17.1 Å². The first-order chi connectivity index (χ1) is 9.91. The van der Waals surface area contributed by atoms with Crippen LogP contribution in [-0.4, -0.2) is 37.6 Å². The molecule has 0 bridgehead atoms. The van der Waals surface area contributed by atoms with Crippen molar-refractivity contribution in [3.8, 4) is 0 Å². The first kappa shape index (κ1) is 15.3. The molecule has 2 aromatic rings. The van der Waals surface area contributed by atoms with Gasteiger partial charge in [-0.1, -0.05) is 13.8 Å². The number of nitrogens with one attached hydrogen (secondary N) is 1. The zero-order valence-electron chi connectivity index (χ0n) is 13.3. The number of carbonyl (C=O) groups excluding carboxylic acids is 1. The van der Waals surface area contributed by atoms with Gasteiger partial charge in [0.05, 0.1) is 6.20 Å². The van der Waals surface area contributed by atoms with Crippen molar-refractivity contribution in [3.05, 3.63) is 35.7 Å². The molecule has 2 rings (SSSR count). The van der Waals surface area contributed by atoms with Crippen LogP contribution in [0.15, 0.2) is 18.6 Å². The van der Waals surface area contributed by atoms with E-state index in [9.17, 15) is 4.79 Å². The SMILES string of the molecule is Cc1[nH]ncc1CN(C)C(=O)C(C)n1ccnc1C(C)C. The maximum atomic E-state index is 12.6. The number of hydrogen-bond acceptors (Lipinski definition) is 3. The lowest BCUT2D eigenvalue weighted by Gasteiger charge is -2.24. The summed E-state index contributed by atoms with van der Waals surface area (Å²) in [5.41, 5.74) is 2.03. The second-order valence-electron chi connectivity index (χ2n) is 5.74. The highest BCUT2D eigenvalue weighted by Crippen LogP contribution is 2.19. The van der Waals surface area contributed by atoms with Crippen molar-refractivity contribution in [2.75, 3.05) is 7.05 Å². The molecule has 0 aromatic carbocycles. The van der Waals surface area contributed by atoms with Crippen LogP contribution in [0, 0.1) is 6.92 Å². The minimum atomic E-state index is -0.262. The fraction of sp³-hybridized carbons (Fsp3) is 0.533. The summed E-state index contributed by atoms with van der Waals surface area (Å²) in [7, 11) is 1.82. The Morgan fingerprint density at radius 2 is 2.14 bits per heavy atom. The highest BCUT2D eigenvalue weighted by atomic mass is 16.2. The van der Waals surface area contributed by atoms with E-state index in [0.29, 0.717) is 6.54 Å². The summed E-state index contributed by atoms with van der Waals surface area (Å²) in [5, 5.41) is 6.88. The number of rotatable bonds is 5. The number of aryl methyl sites for hydroxylation is 1. The minimum absolute atomic E-state index is 0.0653. The fourth-order valence-electron chi connectivity index (χ4n) is 2.41. The van der Waals surface area contributed by atoms with Crippen LogP contribution in [-0.2, 0) is 11.3 Å². The van der Waals surface area contributed by atoms with Crippen LogP contribution in [0.3, 0.4) is 0 Å². The Hall–Kier alpha value is -2.11. The molecule has 6 nitrogen and oxygen atoms in total. The van der Waals surface area contributed by atoms with Gasteiger partial charge in [-0.25, -0.2) is 4.98 Å². The summed E-state index contributed by atoms with van der Waals surface area (Å²) in [6.45, 7) is 8.58. The number of H-pyrrole nitrogens is 1. The van der Waals surface area contributed by atoms with Crippen LogP contribution in [0.5, 0.6) is 0 Å². The summed E-state index contributed by atoms with van der Waals surface area (Å²) < 4.78 is 1.95. The van der Waals surface area contributed by atoms with Gasteiger partial charge in [-0.15, -0.1) is 0 Å². The molecular formula is C15H23N5O. The second-order valence-corrected chi connectivity index (χ2v) is 5.74. The van der Waals surface area contributed by atoms with Crippen LogP contribution in [0.2, 0.25) is 0 Å². The molecular weight excluding hydrogens is 266 g/mol. The van der Waals surface area contributed by atoms with Gasteiger partial charge < -0.3 is 9.47 Å². The van der Waals surface area contributed by atoms with Gasteiger partial charge in [-0.3, -0.25) is 9.89 Å². The zero-order chi connectivity index (χ0) is 15.6. The van der Waals surface area contributed by atoms with E-state index in [1.54, 1.807) is 17.3 Å². The third-order valence-corrected chi connectivity index (χ3v) is 3.71. The molecule has 2 aromatic heterocycles. The quantitative estimate of drug-likeness (QED) is 0.918.